The molecule has 0 radical (unpaired) electrons. The van der Waals surface area contributed by atoms with Gasteiger partial charge in [-0.15, -0.1) is 0 Å². The van der Waals surface area contributed by atoms with Crippen molar-refractivity contribution in [1.82, 2.24) is 14.7 Å². The second kappa shape index (κ2) is 6.92. The zero-order chi connectivity index (χ0) is 17.9. The molecule has 0 saturated heterocycles. The maximum absolute atomic E-state index is 12.7. The predicted octanol–water partition coefficient (Wildman–Crippen LogP) is 2.67. The van der Waals surface area contributed by atoms with Crippen LogP contribution in [0, 0.1) is 0 Å². The Labute approximate surface area is 151 Å². The molecule has 1 amide bonds. The van der Waals surface area contributed by atoms with E-state index in [4.69, 9.17) is 9.47 Å². The Morgan fingerprint density at radius 2 is 2.04 bits per heavy atom. The molecule has 0 N–H and O–H groups in total. The molecule has 0 unspecified atom stereocenters. The van der Waals surface area contributed by atoms with Crippen LogP contribution in [0.4, 0.5) is 0 Å². The van der Waals surface area contributed by atoms with Crippen LogP contribution >= 0.6 is 0 Å². The number of aromatic nitrogens is 2. The van der Waals surface area contributed by atoms with Crippen LogP contribution in [0.5, 0.6) is 11.5 Å². The van der Waals surface area contributed by atoms with Gasteiger partial charge in [0.05, 0.1) is 5.69 Å². The van der Waals surface area contributed by atoms with E-state index in [1.807, 2.05) is 60.8 Å². The van der Waals surface area contributed by atoms with E-state index in [0.717, 1.165) is 11.3 Å². The number of rotatable bonds is 4. The first-order valence-electron chi connectivity index (χ1n) is 8.43. The predicted molar refractivity (Wildman–Crippen MR) is 96.4 cm³/mol. The third-order valence-electron chi connectivity index (χ3n) is 4.26. The van der Waals surface area contributed by atoms with Crippen LogP contribution < -0.4 is 9.47 Å². The first-order chi connectivity index (χ1) is 12.7. The molecule has 0 bridgehead atoms. The molecule has 0 spiro atoms. The van der Waals surface area contributed by atoms with Crippen molar-refractivity contribution in [3.05, 3.63) is 72.6 Å². The van der Waals surface area contributed by atoms with Crippen LogP contribution in [0.2, 0.25) is 0 Å². The zero-order valence-electron chi connectivity index (χ0n) is 14.4. The fourth-order valence-corrected chi connectivity index (χ4v) is 2.96. The molecule has 6 nitrogen and oxygen atoms in total. The normalized spacial score (nSPS) is 15.5. The molecule has 0 fully saturated rings. The summed E-state index contributed by atoms with van der Waals surface area (Å²) in [6.45, 7) is 0.697. The lowest BCUT2D eigenvalue weighted by Gasteiger charge is -2.29. The number of fused-ring (bicyclic) bond motifs is 1. The van der Waals surface area contributed by atoms with Crippen molar-refractivity contribution in [1.29, 1.82) is 0 Å². The summed E-state index contributed by atoms with van der Waals surface area (Å²) < 4.78 is 13.2. The quantitative estimate of drug-likeness (QED) is 0.727. The highest BCUT2D eigenvalue weighted by Crippen LogP contribution is 2.31. The highest BCUT2D eigenvalue weighted by atomic mass is 16.6. The second-order valence-corrected chi connectivity index (χ2v) is 6.18. The average molecular weight is 349 g/mol. The highest BCUT2D eigenvalue weighted by molar-refractivity contribution is 5.81. The van der Waals surface area contributed by atoms with E-state index in [1.165, 1.54) is 0 Å². The fraction of sp³-hybridized carbons (Fsp3) is 0.200. The number of nitrogens with zero attached hydrogens (tertiary/aromatic N) is 3. The van der Waals surface area contributed by atoms with Crippen molar-refractivity contribution in [2.24, 2.45) is 0 Å². The van der Waals surface area contributed by atoms with Gasteiger partial charge in [-0.3, -0.25) is 4.79 Å². The molecule has 2 heterocycles. The molecule has 1 aliphatic heterocycles. The van der Waals surface area contributed by atoms with Gasteiger partial charge < -0.3 is 14.4 Å². The monoisotopic (exact) mass is 349 g/mol. The van der Waals surface area contributed by atoms with Gasteiger partial charge in [0.1, 0.15) is 6.61 Å². The Bertz CT molecular complexity index is 908. The molecule has 2 aromatic carbocycles. The number of amides is 1. The van der Waals surface area contributed by atoms with Crippen molar-refractivity contribution in [3.63, 3.8) is 0 Å². The fourth-order valence-electron chi connectivity index (χ4n) is 2.96. The maximum Gasteiger partial charge on any atom is 0.267 e. The molecular formula is C20H19N3O3. The number of benzene rings is 2. The third kappa shape index (κ3) is 3.26. The van der Waals surface area contributed by atoms with E-state index in [1.54, 1.807) is 22.8 Å². The van der Waals surface area contributed by atoms with Crippen LogP contribution in [0.15, 0.2) is 67.0 Å². The summed E-state index contributed by atoms with van der Waals surface area (Å²) >= 11 is 0. The van der Waals surface area contributed by atoms with E-state index in [2.05, 4.69) is 5.10 Å². The Morgan fingerprint density at radius 3 is 2.85 bits per heavy atom. The topological polar surface area (TPSA) is 56.6 Å². The maximum atomic E-state index is 12.7. The Kier molecular flexibility index (Phi) is 4.31. The number of para-hydroxylation sites is 2. The zero-order valence-corrected chi connectivity index (χ0v) is 14.4. The molecule has 1 aromatic heterocycles. The summed E-state index contributed by atoms with van der Waals surface area (Å²) in [4.78, 5) is 14.4. The van der Waals surface area contributed by atoms with E-state index >= 15 is 0 Å². The smallest absolute Gasteiger partial charge is 0.267 e. The molecule has 4 rings (SSSR count). The van der Waals surface area contributed by atoms with Crippen molar-refractivity contribution < 1.29 is 14.3 Å². The number of hydrogen-bond acceptors (Lipinski definition) is 4. The first-order valence-corrected chi connectivity index (χ1v) is 8.43. The number of likely N-dealkylation sites (N-methyl/N-ethyl adjacent to an activating group) is 1. The molecular weight excluding hydrogens is 330 g/mol. The van der Waals surface area contributed by atoms with E-state index in [0.29, 0.717) is 18.0 Å². The minimum atomic E-state index is -0.635. The molecule has 26 heavy (non-hydrogen) atoms. The molecule has 132 valence electrons. The number of carbonyl (C=O) groups is 1. The van der Waals surface area contributed by atoms with Crippen molar-refractivity contribution in [3.8, 4) is 17.2 Å². The van der Waals surface area contributed by atoms with Gasteiger partial charge in [0.15, 0.2) is 11.5 Å². The summed E-state index contributed by atoms with van der Waals surface area (Å²) in [5.41, 5.74) is 1.98. The summed E-state index contributed by atoms with van der Waals surface area (Å²) in [6.07, 6.45) is 2.99. The standard InChI is InChI=1S/C20H19N3O3/c1-22(13-15-6-4-7-16(12-15)23-11-5-10-21-23)20(24)19-14-25-17-8-2-3-9-18(17)26-19/h2-12,19H,13-14H2,1H3/t19-/m0/s1. The molecule has 6 heteroatoms. The van der Waals surface area contributed by atoms with Gasteiger partial charge in [-0.25, -0.2) is 4.68 Å². The van der Waals surface area contributed by atoms with Crippen molar-refractivity contribution in [2.45, 2.75) is 12.6 Å². The highest BCUT2D eigenvalue weighted by Gasteiger charge is 2.29. The summed E-state index contributed by atoms with van der Waals surface area (Å²) in [6, 6.07) is 17.2. The SMILES string of the molecule is CN(Cc1cccc(-n2cccn2)c1)C(=O)[C@@H]1COc2ccccc2O1. The van der Waals surface area contributed by atoms with Crippen LogP contribution in [0.1, 0.15) is 5.56 Å². The van der Waals surface area contributed by atoms with Crippen molar-refractivity contribution >= 4 is 5.91 Å². The lowest BCUT2D eigenvalue weighted by Crippen LogP contribution is -2.44. The number of ether oxygens (including phenoxy) is 2. The van der Waals surface area contributed by atoms with Gasteiger partial charge in [0, 0.05) is 26.0 Å². The lowest BCUT2D eigenvalue weighted by atomic mass is 10.1. The second-order valence-electron chi connectivity index (χ2n) is 6.18. The van der Waals surface area contributed by atoms with Gasteiger partial charge in [0.25, 0.3) is 5.91 Å². The largest absolute Gasteiger partial charge is 0.485 e. The molecule has 0 aliphatic carbocycles. The number of carbonyl (C=O) groups excluding carboxylic acids is 1. The Balaban J connectivity index is 1.44. The molecule has 3 aromatic rings. The minimum Gasteiger partial charge on any atom is -0.485 e. The minimum absolute atomic E-state index is 0.107. The van der Waals surface area contributed by atoms with Gasteiger partial charge in [0.2, 0.25) is 6.10 Å². The molecule has 1 atom stereocenters. The van der Waals surface area contributed by atoms with Crippen LogP contribution in [0.25, 0.3) is 5.69 Å². The molecule has 1 aliphatic rings. The van der Waals surface area contributed by atoms with Gasteiger partial charge in [-0.05, 0) is 35.9 Å². The Hall–Kier alpha value is -3.28. The Morgan fingerprint density at radius 1 is 1.19 bits per heavy atom. The van der Waals surface area contributed by atoms with Gasteiger partial charge in [-0.2, -0.15) is 5.10 Å². The van der Waals surface area contributed by atoms with Crippen LogP contribution in [-0.2, 0) is 11.3 Å². The van der Waals surface area contributed by atoms with Gasteiger partial charge in [-0.1, -0.05) is 24.3 Å². The number of hydrogen-bond donors (Lipinski definition) is 0. The summed E-state index contributed by atoms with van der Waals surface area (Å²) in [5.74, 6) is 1.17. The summed E-state index contributed by atoms with van der Waals surface area (Å²) in [5, 5.41) is 4.24. The van der Waals surface area contributed by atoms with Crippen molar-refractivity contribution in [2.75, 3.05) is 13.7 Å². The summed E-state index contributed by atoms with van der Waals surface area (Å²) in [7, 11) is 1.77. The van der Waals surface area contributed by atoms with E-state index in [-0.39, 0.29) is 12.5 Å². The van der Waals surface area contributed by atoms with Crippen LogP contribution in [0.3, 0.4) is 0 Å². The van der Waals surface area contributed by atoms with E-state index in [9.17, 15) is 4.79 Å². The lowest BCUT2D eigenvalue weighted by molar-refractivity contribution is -0.140. The third-order valence-corrected chi connectivity index (χ3v) is 4.26. The van der Waals surface area contributed by atoms with Gasteiger partial charge >= 0.3 is 0 Å². The van der Waals surface area contributed by atoms with Crippen LogP contribution in [-0.4, -0.2) is 40.3 Å². The molecule has 0 saturated carbocycles. The van der Waals surface area contributed by atoms with E-state index < -0.39 is 6.10 Å². The average Bonchev–Trinajstić information content (AvgIpc) is 3.22. The first kappa shape index (κ1) is 16.2.